The van der Waals surface area contributed by atoms with Gasteiger partial charge in [0.2, 0.25) is 0 Å². The van der Waals surface area contributed by atoms with Gasteiger partial charge in [0.05, 0.1) is 15.7 Å². The molecule has 23 heavy (non-hydrogen) atoms. The summed E-state index contributed by atoms with van der Waals surface area (Å²) in [4.78, 5) is 0. The molecule has 0 aliphatic rings. The molecule has 4 N–H and O–H groups in total. The van der Waals surface area contributed by atoms with Crippen LogP contribution >= 0.6 is 23.2 Å². The van der Waals surface area contributed by atoms with Gasteiger partial charge in [0.25, 0.3) is 0 Å². The van der Waals surface area contributed by atoms with Crippen molar-refractivity contribution in [2.24, 2.45) is 10.2 Å². The Bertz CT molecular complexity index is 873. The number of hydrogen-bond donors (Lipinski definition) is 2. The van der Waals surface area contributed by atoms with Gasteiger partial charge in [-0.25, -0.2) is 4.68 Å². The van der Waals surface area contributed by atoms with E-state index >= 15 is 0 Å². The zero-order valence-electron chi connectivity index (χ0n) is 11.8. The Morgan fingerprint density at radius 1 is 0.913 bits per heavy atom. The average Bonchev–Trinajstić information content (AvgIpc) is 2.84. The lowest BCUT2D eigenvalue weighted by molar-refractivity contribution is 0.897. The maximum absolute atomic E-state index is 6.08. The Kier molecular flexibility index (Phi) is 4.18. The summed E-state index contributed by atoms with van der Waals surface area (Å²) in [6, 6.07) is 14.4. The summed E-state index contributed by atoms with van der Waals surface area (Å²) in [6.07, 6.45) is 0. The smallest absolute Gasteiger partial charge is 0.176 e. The summed E-state index contributed by atoms with van der Waals surface area (Å²) < 4.78 is 1.50. The van der Waals surface area contributed by atoms with E-state index in [1.165, 1.54) is 4.68 Å². The molecule has 0 spiro atoms. The number of aromatic nitrogens is 2. The van der Waals surface area contributed by atoms with E-state index in [0.29, 0.717) is 15.7 Å². The summed E-state index contributed by atoms with van der Waals surface area (Å²) in [5, 5.41) is 13.0. The normalized spacial score (nSPS) is 11.2. The van der Waals surface area contributed by atoms with Gasteiger partial charge in [-0.05, 0) is 24.3 Å². The summed E-state index contributed by atoms with van der Waals surface area (Å²) >= 11 is 12.0. The van der Waals surface area contributed by atoms with Crippen LogP contribution < -0.4 is 11.5 Å². The molecular weight excluding hydrogens is 335 g/mol. The molecule has 2 aromatic carbocycles. The molecule has 3 rings (SSSR count). The molecule has 8 heteroatoms. The van der Waals surface area contributed by atoms with Crippen molar-refractivity contribution in [2.45, 2.75) is 0 Å². The molecule has 0 saturated carbocycles. The van der Waals surface area contributed by atoms with Crippen molar-refractivity contribution in [3.63, 3.8) is 0 Å². The van der Waals surface area contributed by atoms with Gasteiger partial charge in [-0.1, -0.05) is 47.5 Å². The summed E-state index contributed by atoms with van der Waals surface area (Å²) in [5.41, 5.74) is 13.4. The second-order valence-electron chi connectivity index (χ2n) is 4.64. The highest BCUT2D eigenvalue weighted by molar-refractivity contribution is 6.43. The zero-order valence-corrected chi connectivity index (χ0v) is 13.3. The van der Waals surface area contributed by atoms with Gasteiger partial charge in [-0.15, -0.1) is 15.3 Å². The quantitative estimate of drug-likeness (QED) is 0.669. The molecule has 6 nitrogen and oxygen atoms in total. The highest BCUT2D eigenvalue weighted by Gasteiger charge is 2.14. The molecule has 1 heterocycles. The first-order valence-electron chi connectivity index (χ1n) is 6.63. The number of halogens is 2. The Hall–Kier alpha value is -2.57. The van der Waals surface area contributed by atoms with Crippen LogP contribution in [-0.4, -0.2) is 9.78 Å². The van der Waals surface area contributed by atoms with E-state index in [1.54, 1.807) is 18.2 Å². The third-order valence-corrected chi connectivity index (χ3v) is 3.92. The molecular formula is C15H12Cl2N6. The number of benzene rings is 2. The fourth-order valence-corrected chi connectivity index (χ4v) is 2.32. The largest absolute Gasteiger partial charge is 0.382 e. The van der Waals surface area contributed by atoms with E-state index in [0.717, 1.165) is 5.69 Å². The molecule has 0 fully saturated rings. The standard InChI is InChI=1S/C15H12Cl2N6/c16-10-7-4-8-11(12(10)17)20-21-13-14(18)22-23(15(13)19)9-5-2-1-3-6-9/h1-8H,19H2,(H2,18,22). The van der Waals surface area contributed by atoms with Gasteiger partial charge in [-0.3, -0.25) is 0 Å². The molecule has 0 aliphatic heterocycles. The molecule has 0 unspecified atom stereocenters. The zero-order chi connectivity index (χ0) is 16.4. The van der Waals surface area contributed by atoms with Crippen molar-refractivity contribution in [1.82, 2.24) is 9.78 Å². The molecule has 0 radical (unpaired) electrons. The molecule has 0 aliphatic carbocycles. The Labute approximate surface area is 142 Å². The van der Waals surface area contributed by atoms with Gasteiger partial charge in [0.1, 0.15) is 5.69 Å². The van der Waals surface area contributed by atoms with Crippen molar-refractivity contribution in [3.8, 4) is 5.69 Å². The Balaban J connectivity index is 2.00. The Morgan fingerprint density at radius 2 is 1.65 bits per heavy atom. The van der Waals surface area contributed by atoms with Crippen LogP contribution in [-0.2, 0) is 0 Å². The topological polar surface area (TPSA) is 94.6 Å². The van der Waals surface area contributed by atoms with E-state index < -0.39 is 0 Å². The lowest BCUT2D eigenvalue weighted by Crippen LogP contribution is -2.01. The fourth-order valence-electron chi connectivity index (χ4n) is 1.98. The molecule has 0 bridgehead atoms. The SMILES string of the molecule is Nc1nn(-c2ccccc2)c(N)c1N=Nc1cccc(Cl)c1Cl. The Morgan fingerprint density at radius 3 is 2.39 bits per heavy atom. The van der Waals surface area contributed by atoms with Crippen LogP contribution in [0.2, 0.25) is 10.0 Å². The van der Waals surface area contributed by atoms with Crippen LogP contribution in [0.3, 0.4) is 0 Å². The fraction of sp³-hybridized carbons (Fsp3) is 0. The summed E-state index contributed by atoms with van der Waals surface area (Å²) in [5.74, 6) is 0.462. The van der Waals surface area contributed by atoms with Crippen LogP contribution in [0.25, 0.3) is 5.69 Å². The van der Waals surface area contributed by atoms with Gasteiger partial charge in [-0.2, -0.15) is 0 Å². The molecule has 3 aromatic rings. The number of azo groups is 1. The lowest BCUT2D eigenvalue weighted by atomic mass is 10.3. The minimum Gasteiger partial charge on any atom is -0.382 e. The van der Waals surface area contributed by atoms with Gasteiger partial charge in [0.15, 0.2) is 17.3 Å². The number of rotatable bonds is 3. The molecule has 116 valence electrons. The number of hydrogen-bond acceptors (Lipinski definition) is 5. The first-order valence-corrected chi connectivity index (χ1v) is 7.38. The van der Waals surface area contributed by atoms with E-state index in [1.807, 2.05) is 30.3 Å². The van der Waals surface area contributed by atoms with Crippen molar-refractivity contribution in [1.29, 1.82) is 0 Å². The van der Waals surface area contributed by atoms with E-state index in [2.05, 4.69) is 15.3 Å². The van der Waals surface area contributed by atoms with E-state index in [9.17, 15) is 0 Å². The second-order valence-corrected chi connectivity index (χ2v) is 5.42. The van der Waals surface area contributed by atoms with Gasteiger partial charge < -0.3 is 11.5 Å². The third-order valence-electron chi connectivity index (χ3n) is 3.11. The van der Waals surface area contributed by atoms with Crippen molar-refractivity contribution in [2.75, 3.05) is 11.5 Å². The lowest BCUT2D eigenvalue weighted by Gasteiger charge is -2.02. The molecule has 0 amide bonds. The maximum atomic E-state index is 6.08. The van der Waals surface area contributed by atoms with E-state index in [-0.39, 0.29) is 17.3 Å². The number of para-hydroxylation sites is 1. The monoisotopic (exact) mass is 346 g/mol. The average molecular weight is 347 g/mol. The van der Waals surface area contributed by atoms with Crippen molar-refractivity contribution >= 4 is 46.2 Å². The van der Waals surface area contributed by atoms with Crippen LogP contribution in [0, 0.1) is 0 Å². The third kappa shape index (κ3) is 2.99. The van der Waals surface area contributed by atoms with Gasteiger partial charge >= 0.3 is 0 Å². The summed E-state index contributed by atoms with van der Waals surface area (Å²) in [7, 11) is 0. The predicted molar refractivity (Wildman–Crippen MR) is 93.0 cm³/mol. The van der Waals surface area contributed by atoms with Crippen LogP contribution in [0.15, 0.2) is 58.8 Å². The first kappa shape index (κ1) is 15.3. The van der Waals surface area contributed by atoms with E-state index in [4.69, 9.17) is 34.7 Å². The first-order chi connectivity index (χ1) is 11.1. The number of nitrogens with zero attached hydrogens (tertiary/aromatic N) is 4. The minimum absolute atomic E-state index is 0.174. The molecule has 1 aromatic heterocycles. The predicted octanol–water partition coefficient (Wildman–Crippen LogP) is 4.76. The van der Waals surface area contributed by atoms with Gasteiger partial charge in [0, 0.05) is 0 Å². The van der Waals surface area contributed by atoms with Crippen molar-refractivity contribution < 1.29 is 0 Å². The number of nitrogen functional groups attached to an aromatic ring is 2. The maximum Gasteiger partial charge on any atom is 0.176 e. The summed E-state index contributed by atoms with van der Waals surface area (Å²) in [6.45, 7) is 0. The molecule has 0 atom stereocenters. The highest BCUT2D eigenvalue weighted by Crippen LogP contribution is 2.36. The number of anilines is 2. The highest BCUT2D eigenvalue weighted by atomic mass is 35.5. The second kappa shape index (κ2) is 6.28. The minimum atomic E-state index is 0.174. The van der Waals surface area contributed by atoms with Crippen LogP contribution in [0.1, 0.15) is 0 Å². The molecule has 0 saturated heterocycles. The van der Waals surface area contributed by atoms with Crippen molar-refractivity contribution in [3.05, 3.63) is 58.6 Å². The van der Waals surface area contributed by atoms with Crippen LogP contribution in [0.5, 0.6) is 0 Å². The van der Waals surface area contributed by atoms with Crippen LogP contribution in [0.4, 0.5) is 23.0 Å². The number of nitrogens with two attached hydrogens (primary N) is 2.